The summed E-state index contributed by atoms with van der Waals surface area (Å²) in [6.45, 7) is 1.06. The van der Waals surface area contributed by atoms with Gasteiger partial charge in [-0.15, -0.1) is 0 Å². The first-order chi connectivity index (χ1) is 12.2. The number of carbonyl (C=O) groups excluding carboxylic acids is 2. The van der Waals surface area contributed by atoms with Gasteiger partial charge in [-0.1, -0.05) is 36.4 Å². The molecule has 25 heavy (non-hydrogen) atoms. The van der Waals surface area contributed by atoms with Crippen LogP contribution in [0.25, 0.3) is 0 Å². The molecule has 0 spiro atoms. The maximum absolute atomic E-state index is 12.6. The highest BCUT2D eigenvalue weighted by molar-refractivity contribution is 5.90. The molecule has 3 rings (SSSR count). The first-order valence-corrected chi connectivity index (χ1v) is 8.40. The van der Waals surface area contributed by atoms with Crippen molar-refractivity contribution in [2.75, 3.05) is 25.5 Å². The Morgan fingerprint density at radius 2 is 1.92 bits per heavy atom. The molecular weight excluding hydrogens is 316 g/mol. The first kappa shape index (κ1) is 17.0. The number of nitrogens with zero attached hydrogens (tertiary/aromatic N) is 2. The minimum absolute atomic E-state index is 0.000568. The average Bonchev–Trinajstić information content (AvgIpc) is 2.95. The molecule has 0 radical (unpaired) electrons. The lowest BCUT2D eigenvalue weighted by Crippen LogP contribution is -2.36. The van der Waals surface area contributed by atoms with E-state index in [-0.39, 0.29) is 30.2 Å². The Bertz CT molecular complexity index is 721. The zero-order valence-corrected chi connectivity index (χ0v) is 14.2. The van der Waals surface area contributed by atoms with E-state index >= 15 is 0 Å². The minimum Gasteiger partial charge on any atom is -0.368 e. The van der Waals surface area contributed by atoms with Crippen molar-refractivity contribution in [3.63, 3.8) is 0 Å². The van der Waals surface area contributed by atoms with E-state index in [9.17, 15) is 9.59 Å². The molecule has 6 heteroatoms. The van der Waals surface area contributed by atoms with E-state index in [0.29, 0.717) is 13.1 Å². The fraction of sp³-hybridized carbons (Fsp3) is 0.316. The zero-order valence-electron chi connectivity index (χ0n) is 14.2. The third-order valence-electron chi connectivity index (χ3n) is 4.46. The Balaban J connectivity index is 1.57. The monoisotopic (exact) mass is 338 g/mol. The van der Waals surface area contributed by atoms with Gasteiger partial charge in [0.15, 0.2) is 0 Å². The topological polar surface area (TPSA) is 74.3 Å². The molecule has 2 aromatic rings. The molecule has 0 saturated carbocycles. The van der Waals surface area contributed by atoms with Crippen molar-refractivity contribution < 1.29 is 9.59 Å². The lowest BCUT2D eigenvalue weighted by Gasteiger charge is -2.25. The molecule has 1 saturated heterocycles. The number of benzene rings is 1. The van der Waals surface area contributed by atoms with Gasteiger partial charge in [0.2, 0.25) is 11.8 Å². The number of nitrogens with one attached hydrogen (secondary N) is 2. The lowest BCUT2D eigenvalue weighted by molar-refractivity contribution is -0.128. The van der Waals surface area contributed by atoms with Gasteiger partial charge in [-0.25, -0.2) is 4.98 Å². The van der Waals surface area contributed by atoms with Gasteiger partial charge in [-0.2, -0.15) is 0 Å². The Labute approximate surface area is 147 Å². The fourth-order valence-corrected chi connectivity index (χ4v) is 3.19. The molecule has 1 fully saturated rings. The molecule has 130 valence electrons. The number of amides is 2. The van der Waals surface area contributed by atoms with Crippen LogP contribution in [0.3, 0.4) is 0 Å². The van der Waals surface area contributed by atoms with E-state index in [1.165, 1.54) is 0 Å². The third kappa shape index (κ3) is 3.96. The van der Waals surface area contributed by atoms with Crippen LogP contribution in [-0.4, -0.2) is 41.8 Å². The zero-order chi connectivity index (χ0) is 17.6. The van der Waals surface area contributed by atoms with Gasteiger partial charge in [0, 0.05) is 32.8 Å². The molecule has 1 aromatic heterocycles. The standard InChI is InChI=1S/C19H22N4O2/c1-23-17(24)13-15(18(23)14-7-3-2-4-8-14)19(25)22-12-11-21-16-9-5-6-10-20-16/h2-10,15,18H,11-13H2,1H3,(H,20,21)(H,22,25). The van der Waals surface area contributed by atoms with Crippen LogP contribution in [0.15, 0.2) is 54.7 Å². The van der Waals surface area contributed by atoms with Gasteiger partial charge < -0.3 is 15.5 Å². The number of likely N-dealkylation sites (tertiary alicyclic amines) is 1. The van der Waals surface area contributed by atoms with E-state index < -0.39 is 0 Å². The highest BCUT2D eigenvalue weighted by atomic mass is 16.2. The highest BCUT2D eigenvalue weighted by Gasteiger charge is 2.42. The average molecular weight is 338 g/mol. The number of pyridine rings is 1. The first-order valence-electron chi connectivity index (χ1n) is 8.40. The van der Waals surface area contributed by atoms with E-state index in [2.05, 4.69) is 15.6 Å². The molecule has 1 aromatic carbocycles. The van der Waals surface area contributed by atoms with Crippen molar-refractivity contribution in [1.29, 1.82) is 0 Å². The van der Waals surface area contributed by atoms with Gasteiger partial charge >= 0.3 is 0 Å². The van der Waals surface area contributed by atoms with Crippen LogP contribution in [0.5, 0.6) is 0 Å². The number of hydrogen-bond donors (Lipinski definition) is 2. The summed E-state index contributed by atoms with van der Waals surface area (Å²) in [6, 6.07) is 15.1. The molecule has 2 heterocycles. The fourth-order valence-electron chi connectivity index (χ4n) is 3.19. The quantitative estimate of drug-likeness (QED) is 0.788. The van der Waals surface area contributed by atoms with Crippen LogP contribution in [0.4, 0.5) is 5.82 Å². The van der Waals surface area contributed by atoms with Crippen LogP contribution in [0.2, 0.25) is 0 Å². The molecule has 1 aliphatic rings. The van der Waals surface area contributed by atoms with Crippen LogP contribution in [0.1, 0.15) is 18.0 Å². The number of carbonyl (C=O) groups is 2. The predicted octanol–water partition coefficient (Wildman–Crippen LogP) is 1.83. The maximum atomic E-state index is 12.6. The second kappa shape index (κ2) is 7.79. The van der Waals surface area contributed by atoms with Crippen molar-refractivity contribution in [3.8, 4) is 0 Å². The van der Waals surface area contributed by atoms with Crippen LogP contribution in [-0.2, 0) is 9.59 Å². The van der Waals surface area contributed by atoms with Crippen LogP contribution in [0, 0.1) is 5.92 Å². The Kier molecular flexibility index (Phi) is 5.28. The Hall–Kier alpha value is -2.89. The molecule has 0 bridgehead atoms. The van der Waals surface area contributed by atoms with Gasteiger partial charge in [0.1, 0.15) is 5.82 Å². The summed E-state index contributed by atoms with van der Waals surface area (Å²) in [6.07, 6.45) is 1.96. The Morgan fingerprint density at radius 3 is 2.64 bits per heavy atom. The maximum Gasteiger partial charge on any atom is 0.226 e. The largest absolute Gasteiger partial charge is 0.368 e. The summed E-state index contributed by atoms with van der Waals surface area (Å²) in [7, 11) is 1.76. The number of anilines is 1. The second-order valence-electron chi connectivity index (χ2n) is 6.10. The number of aromatic nitrogens is 1. The van der Waals surface area contributed by atoms with E-state index in [4.69, 9.17) is 0 Å². The molecule has 0 aliphatic carbocycles. The van der Waals surface area contributed by atoms with E-state index in [1.807, 2.05) is 48.5 Å². The highest BCUT2D eigenvalue weighted by Crippen LogP contribution is 2.36. The predicted molar refractivity (Wildman–Crippen MR) is 95.8 cm³/mol. The summed E-state index contributed by atoms with van der Waals surface area (Å²) < 4.78 is 0. The summed E-state index contributed by atoms with van der Waals surface area (Å²) in [5.41, 5.74) is 0.989. The van der Waals surface area contributed by atoms with Crippen LogP contribution >= 0.6 is 0 Å². The molecule has 2 unspecified atom stereocenters. The summed E-state index contributed by atoms with van der Waals surface area (Å²) in [5, 5.41) is 6.08. The molecule has 1 aliphatic heterocycles. The van der Waals surface area contributed by atoms with Gasteiger partial charge in [-0.05, 0) is 17.7 Å². The van der Waals surface area contributed by atoms with Crippen molar-refractivity contribution >= 4 is 17.6 Å². The van der Waals surface area contributed by atoms with Gasteiger partial charge in [-0.3, -0.25) is 9.59 Å². The van der Waals surface area contributed by atoms with Gasteiger partial charge in [0.05, 0.1) is 12.0 Å². The number of hydrogen-bond acceptors (Lipinski definition) is 4. The summed E-state index contributed by atoms with van der Waals surface area (Å²) in [4.78, 5) is 30.6. The summed E-state index contributed by atoms with van der Waals surface area (Å²) >= 11 is 0. The number of rotatable bonds is 6. The third-order valence-corrected chi connectivity index (χ3v) is 4.46. The van der Waals surface area contributed by atoms with Gasteiger partial charge in [0.25, 0.3) is 0 Å². The Morgan fingerprint density at radius 1 is 1.16 bits per heavy atom. The molecule has 2 N–H and O–H groups in total. The van der Waals surface area contributed by atoms with Crippen molar-refractivity contribution in [2.45, 2.75) is 12.5 Å². The van der Waals surface area contributed by atoms with Crippen molar-refractivity contribution in [1.82, 2.24) is 15.2 Å². The molecule has 6 nitrogen and oxygen atoms in total. The normalized spacial score (nSPS) is 19.7. The van der Waals surface area contributed by atoms with Crippen LogP contribution < -0.4 is 10.6 Å². The minimum atomic E-state index is -0.366. The SMILES string of the molecule is CN1C(=O)CC(C(=O)NCCNc2ccccn2)C1c1ccccc1. The molecule has 2 amide bonds. The second-order valence-corrected chi connectivity index (χ2v) is 6.10. The van der Waals surface area contributed by atoms with Crippen molar-refractivity contribution in [3.05, 3.63) is 60.3 Å². The smallest absolute Gasteiger partial charge is 0.226 e. The van der Waals surface area contributed by atoms with E-state index in [0.717, 1.165) is 11.4 Å². The van der Waals surface area contributed by atoms with Crippen molar-refractivity contribution in [2.24, 2.45) is 5.92 Å². The summed E-state index contributed by atoms with van der Waals surface area (Å²) in [5.74, 6) is 0.319. The van der Waals surface area contributed by atoms with E-state index in [1.54, 1.807) is 18.1 Å². The molecular formula is C19H22N4O2. The lowest BCUT2D eigenvalue weighted by atomic mass is 9.93. The molecule has 2 atom stereocenters.